The first-order valence-corrected chi connectivity index (χ1v) is 6.49. The van der Waals surface area contributed by atoms with Crippen LogP contribution in [0.3, 0.4) is 0 Å². The summed E-state index contributed by atoms with van der Waals surface area (Å²) in [5.41, 5.74) is 8.87. The van der Waals surface area contributed by atoms with Crippen LogP contribution in [-0.4, -0.2) is 4.92 Å². The second kappa shape index (κ2) is 5.85. The number of non-ortho nitro benzene ring substituents is 1. The maximum absolute atomic E-state index is 11.0. The second-order valence-corrected chi connectivity index (χ2v) is 4.91. The van der Waals surface area contributed by atoms with E-state index in [1.807, 2.05) is 0 Å². The van der Waals surface area contributed by atoms with Gasteiger partial charge in [-0.15, -0.1) is 0 Å². The molecule has 0 aliphatic carbocycles. The molecule has 0 heterocycles. The predicted molar refractivity (Wildman–Crippen MR) is 74.9 cm³/mol. The maximum atomic E-state index is 11.0. The van der Waals surface area contributed by atoms with E-state index in [2.05, 4.69) is 27.7 Å². The summed E-state index contributed by atoms with van der Waals surface area (Å²) in [6, 6.07) is 3.24. The number of nitrogen functional groups attached to an aromatic ring is 1. The molecule has 4 nitrogen and oxygen atoms in total. The Morgan fingerprint density at radius 3 is 1.83 bits per heavy atom. The summed E-state index contributed by atoms with van der Waals surface area (Å²) in [5.74, 6) is 0.486. The molecule has 0 fully saturated rings. The first-order chi connectivity index (χ1) is 8.42. The Bertz CT molecular complexity index is 412. The van der Waals surface area contributed by atoms with Gasteiger partial charge in [0.05, 0.1) is 4.92 Å². The number of nitro benzene ring substituents is 1. The van der Waals surface area contributed by atoms with Crippen molar-refractivity contribution in [3.8, 4) is 0 Å². The minimum atomic E-state index is -0.336. The number of nitrogens with two attached hydrogens (primary N) is 1. The Hall–Kier alpha value is -1.58. The molecule has 0 saturated heterocycles. The molecule has 1 rings (SSSR count). The van der Waals surface area contributed by atoms with Crippen molar-refractivity contribution in [1.82, 2.24) is 0 Å². The summed E-state index contributed by atoms with van der Waals surface area (Å²) < 4.78 is 0. The van der Waals surface area contributed by atoms with Crippen molar-refractivity contribution in [2.75, 3.05) is 5.73 Å². The molecule has 0 spiro atoms. The lowest BCUT2D eigenvalue weighted by molar-refractivity contribution is -0.385. The topological polar surface area (TPSA) is 69.2 Å². The second-order valence-electron chi connectivity index (χ2n) is 4.91. The van der Waals surface area contributed by atoms with E-state index in [0.29, 0.717) is 0 Å². The first-order valence-electron chi connectivity index (χ1n) is 6.49. The lowest BCUT2D eigenvalue weighted by Crippen LogP contribution is -2.06. The monoisotopic (exact) mass is 250 g/mol. The summed E-state index contributed by atoms with van der Waals surface area (Å²) in [5, 5.41) is 11.0. The van der Waals surface area contributed by atoms with Gasteiger partial charge >= 0.3 is 0 Å². The summed E-state index contributed by atoms with van der Waals surface area (Å²) >= 11 is 0. The maximum Gasteiger partial charge on any atom is 0.270 e. The van der Waals surface area contributed by atoms with E-state index in [-0.39, 0.29) is 22.4 Å². The third-order valence-corrected chi connectivity index (χ3v) is 3.73. The van der Waals surface area contributed by atoms with E-state index >= 15 is 0 Å². The number of hydrogen-bond acceptors (Lipinski definition) is 3. The molecule has 1 aromatic carbocycles. The Morgan fingerprint density at radius 2 is 1.56 bits per heavy atom. The van der Waals surface area contributed by atoms with Gasteiger partial charge in [0.25, 0.3) is 5.69 Å². The number of anilines is 1. The van der Waals surface area contributed by atoms with Crippen LogP contribution in [0.5, 0.6) is 0 Å². The Labute approximate surface area is 108 Å². The van der Waals surface area contributed by atoms with E-state index in [1.54, 1.807) is 12.1 Å². The van der Waals surface area contributed by atoms with Gasteiger partial charge in [-0.1, -0.05) is 27.7 Å². The van der Waals surface area contributed by atoms with Crippen molar-refractivity contribution >= 4 is 11.4 Å². The van der Waals surface area contributed by atoms with Crippen LogP contribution in [-0.2, 0) is 0 Å². The van der Waals surface area contributed by atoms with Crippen LogP contribution >= 0.6 is 0 Å². The molecule has 4 heteroatoms. The average molecular weight is 250 g/mol. The van der Waals surface area contributed by atoms with Crippen LogP contribution < -0.4 is 5.73 Å². The van der Waals surface area contributed by atoms with Gasteiger partial charge in [-0.25, -0.2) is 0 Å². The van der Waals surface area contributed by atoms with Crippen LogP contribution in [0.15, 0.2) is 12.1 Å². The average Bonchev–Trinajstić information content (AvgIpc) is 2.36. The summed E-state index contributed by atoms with van der Waals surface area (Å²) in [6.07, 6.45) is 1.84. The minimum Gasteiger partial charge on any atom is -0.398 e. The Balaban J connectivity index is 3.42. The van der Waals surface area contributed by atoms with E-state index in [1.165, 1.54) is 0 Å². The smallest absolute Gasteiger partial charge is 0.270 e. The fraction of sp³-hybridized carbons (Fsp3) is 0.571. The van der Waals surface area contributed by atoms with E-state index in [9.17, 15) is 10.1 Å². The largest absolute Gasteiger partial charge is 0.398 e. The normalized spacial score (nSPS) is 14.2. The van der Waals surface area contributed by atoms with Gasteiger partial charge in [-0.2, -0.15) is 0 Å². The Kier molecular flexibility index (Phi) is 4.70. The number of benzene rings is 1. The molecule has 2 unspecified atom stereocenters. The summed E-state index contributed by atoms with van der Waals surface area (Å²) in [4.78, 5) is 10.7. The van der Waals surface area contributed by atoms with Crippen molar-refractivity contribution in [3.63, 3.8) is 0 Å². The molecule has 18 heavy (non-hydrogen) atoms. The molecule has 2 N–H and O–H groups in total. The molecular weight excluding hydrogens is 228 g/mol. The predicted octanol–water partition coefficient (Wildman–Crippen LogP) is 4.20. The molecule has 0 aromatic heterocycles. The lowest BCUT2D eigenvalue weighted by atomic mass is 9.88. The third kappa shape index (κ3) is 2.81. The fourth-order valence-corrected chi connectivity index (χ4v) is 2.04. The zero-order valence-corrected chi connectivity index (χ0v) is 11.6. The fourth-order valence-electron chi connectivity index (χ4n) is 2.04. The van der Waals surface area contributed by atoms with Crippen LogP contribution in [0.4, 0.5) is 11.4 Å². The molecule has 1 aromatic rings. The van der Waals surface area contributed by atoms with Crippen molar-refractivity contribution in [1.29, 1.82) is 0 Å². The molecule has 0 radical (unpaired) electrons. The van der Waals surface area contributed by atoms with Gasteiger partial charge in [0.2, 0.25) is 0 Å². The van der Waals surface area contributed by atoms with Gasteiger partial charge < -0.3 is 5.73 Å². The minimum absolute atomic E-state index is 0.148. The molecule has 0 bridgehead atoms. The molecular formula is C14H22N2O2. The van der Waals surface area contributed by atoms with Gasteiger partial charge in [-0.05, 0) is 35.8 Å². The number of rotatable bonds is 5. The van der Waals surface area contributed by atoms with E-state index in [4.69, 9.17) is 5.73 Å². The Morgan fingerprint density at radius 1 is 1.17 bits per heavy atom. The SMILES string of the molecule is CCC(C)c1cc([N+](=O)[O-])cc(C(C)CC)c1N. The zero-order chi connectivity index (χ0) is 13.9. The van der Waals surface area contributed by atoms with Crippen molar-refractivity contribution < 1.29 is 4.92 Å². The molecule has 100 valence electrons. The van der Waals surface area contributed by atoms with Gasteiger partial charge in [0, 0.05) is 17.8 Å². The van der Waals surface area contributed by atoms with Gasteiger partial charge in [-0.3, -0.25) is 10.1 Å². The summed E-state index contributed by atoms with van der Waals surface area (Å²) in [6.45, 7) is 8.23. The number of nitro groups is 1. The lowest BCUT2D eigenvalue weighted by Gasteiger charge is -2.18. The quantitative estimate of drug-likeness (QED) is 0.483. The van der Waals surface area contributed by atoms with Crippen molar-refractivity contribution in [3.05, 3.63) is 33.4 Å². The van der Waals surface area contributed by atoms with Crippen LogP contribution in [0.1, 0.15) is 63.5 Å². The highest BCUT2D eigenvalue weighted by Crippen LogP contribution is 2.36. The molecule has 0 saturated carbocycles. The number of hydrogen-bond donors (Lipinski definition) is 1. The summed E-state index contributed by atoms with van der Waals surface area (Å²) in [7, 11) is 0. The molecule has 0 aliphatic heterocycles. The van der Waals surface area contributed by atoms with E-state index < -0.39 is 0 Å². The highest BCUT2D eigenvalue weighted by molar-refractivity contribution is 5.61. The standard InChI is InChI=1S/C14H22N2O2/c1-5-9(3)12-7-11(16(17)18)8-13(14(12)15)10(4)6-2/h7-10H,5-6,15H2,1-4H3. The van der Waals surface area contributed by atoms with Crippen LogP contribution in [0.2, 0.25) is 0 Å². The number of nitrogens with zero attached hydrogens (tertiary/aromatic N) is 1. The zero-order valence-electron chi connectivity index (χ0n) is 11.6. The third-order valence-electron chi connectivity index (χ3n) is 3.73. The first kappa shape index (κ1) is 14.5. The van der Waals surface area contributed by atoms with Gasteiger partial charge in [0.15, 0.2) is 0 Å². The van der Waals surface area contributed by atoms with Crippen LogP contribution in [0.25, 0.3) is 0 Å². The highest BCUT2D eigenvalue weighted by atomic mass is 16.6. The van der Waals surface area contributed by atoms with Crippen molar-refractivity contribution in [2.45, 2.75) is 52.4 Å². The highest BCUT2D eigenvalue weighted by Gasteiger charge is 2.20. The van der Waals surface area contributed by atoms with Crippen molar-refractivity contribution in [2.24, 2.45) is 0 Å². The van der Waals surface area contributed by atoms with E-state index in [0.717, 1.165) is 29.7 Å². The molecule has 0 aliphatic rings. The van der Waals surface area contributed by atoms with Crippen LogP contribution in [0, 0.1) is 10.1 Å². The van der Waals surface area contributed by atoms with Gasteiger partial charge in [0.1, 0.15) is 0 Å². The molecule has 0 amide bonds. The molecule has 2 atom stereocenters.